The molecule has 2 rings (SSSR count). The summed E-state index contributed by atoms with van der Waals surface area (Å²) in [5.41, 5.74) is 2.51. The van der Waals surface area contributed by atoms with Crippen LogP contribution in [0.5, 0.6) is 0 Å². The molecule has 1 N–H and O–H groups in total. The first-order valence-corrected chi connectivity index (χ1v) is 8.44. The van der Waals surface area contributed by atoms with Gasteiger partial charge in [0.15, 0.2) is 0 Å². The molecule has 0 fully saturated rings. The van der Waals surface area contributed by atoms with E-state index in [1.165, 1.54) is 41.9 Å². The summed E-state index contributed by atoms with van der Waals surface area (Å²) in [5.74, 6) is 0. The zero-order valence-electron chi connectivity index (χ0n) is 12.3. The van der Waals surface area contributed by atoms with E-state index in [1.807, 2.05) is 0 Å². The monoisotopic (exact) mass is 288 g/mol. The van der Waals surface area contributed by atoms with Gasteiger partial charge in [-0.25, -0.2) is 4.98 Å². The third kappa shape index (κ3) is 5.43. The lowest BCUT2D eigenvalue weighted by molar-refractivity contribution is 0.594. The van der Waals surface area contributed by atoms with Crippen molar-refractivity contribution in [2.45, 2.75) is 45.6 Å². The molecule has 2 aromatic rings. The van der Waals surface area contributed by atoms with Gasteiger partial charge in [0.1, 0.15) is 0 Å². The molecule has 1 heterocycles. The predicted octanol–water partition coefficient (Wildman–Crippen LogP) is 4.40. The maximum atomic E-state index is 4.70. The van der Waals surface area contributed by atoms with Crippen molar-refractivity contribution in [1.29, 1.82) is 0 Å². The van der Waals surface area contributed by atoms with E-state index in [1.54, 1.807) is 11.3 Å². The summed E-state index contributed by atoms with van der Waals surface area (Å²) in [5, 5.41) is 6.87. The van der Waals surface area contributed by atoms with E-state index in [9.17, 15) is 0 Å². The number of benzene rings is 1. The normalized spacial score (nSPS) is 10.8. The van der Waals surface area contributed by atoms with Crippen LogP contribution in [0.4, 0.5) is 0 Å². The van der Waals surface area contributed by atoms with Crippen LogP contribution in [0.1, 0.15) is 48.9 Å². The Bertz CT molecular complexity index is 479. The summed E-state index contributed by atoms with van der Waals surface area (Å²) < 4.78 is 0. The first-order chi connectivity index (χ1) is 9.88. The van der Waals surface area contributed by atoms with E-state index in [-0.39, 0.29) is 0 Å². The van der Waals surface area contributed by atoms with Crippen molar-refractivity contribution < 1.29 is 0 Å². The zero-order chi connectivity index (χ0) is 14.0. The van der Waals surface area contributed by atoms with Crippen molar-refractivity contribution in [1.82, 2.24) is 10.3 Å². The van der Waals surface area contributed by atoms with Gasteiger partial charge in [0.25, 0.3) is 0 Å². The van der Waals surface area contributed by atoms with Crippen LogP contribution in [0.15, 0.2) is 35.7 Å². The van der Waals surface area contributed by atoms with Crippen LogP contribution in [0, 0.1) is 0 Å². The summed E-state index contributed by atoms with van der Waals surface area (Å²) >= 11 is 1.77. The number of unbranched alkanes of at least 4 members (excludes halogenated alkanes) is 3. The SMILES string of the molecule is CCCCCCNCc1csc(Cc2ccccc2)n1. The summed E-state index contributed by atoms with van der Waals surface area (Å²) in [4.78, 5) is 4.70. The molecular formula is C17H24N2S. The molecule has 0 aliphatic rings. The van der Waals surface area contributed by atoms with Gasteiger partial charge < -0.3 is 5.32 Å². The maximum Gasteiger partial charge on any atom is 0.0972 e. The molecule has 0 aliphatic carbocycles. The highest BCUT2D eigenvalue weighted by Gasteiger charge is 2.02. The highest BCUT2D eigenvalue weighted by Crippen LogP contribution is 2.14. The van der Waals surface area contributed by atoms with Crippen LogP contribution < -0.4 is 5.32 Å². The fourth-order valence-electron chi connectivity index (χ4n) is 2.18. The summed E-state index contributed by atoms with van der Waals surface area (Å²) in [6.07, 6.45) is 6.20. The molecule has 0 spiro atoms. The molecule has 108 valence electrons. The lowest BCUT2D eigenvalue weighted by Crippen LogP contribution is -2.14. The quantitative estimate of drug-likeness (QED) is 0.692. The largest absolute Gasteiger partial charge is 0.311 e. The van der Waals surface area contributed by atoms with Gasteiger partial charge in [-0.1, -0.05) is 56.5 Å². The Labute approximate surface area is 126 Å². The van der Waals surface area contributed by atoms with Crippen LogP contribution in [0.25, 0.3) is 0 Å². The first kappa shape index (κ1) is 15.2. The van der Waals surface area contributed by atoms with Gasteiger partial charge in [0.05, 0.1) is 10.7 Å². The summed E-state index contributed by atoms with van der Waals surface area (Å²) in [6.45, 7) is 4.25. The number of hydrogen-bond donors (Lipinski definition) is 1. The zero-order valence-corrected chi connectivity index (χ0v) is 13.1. The van der Waals surface area contributed by atoms with Gasteiger partial charge >= 0.3 is 0 Å². The minimum absolute atomic E-state index is 0.900. The Morgan fingerprint density at radius 3 is 2.75 bits per heavy atom. The Kier molecular flexibility index (Phi) is 6.75. The van der Waals surface area contributed by atoms with E-state index in [0.29, 0.717) is 0 Å². The van der Waals surface area contributed by atoms with Gasteiger partial charge in [-0.05, 0) is 18.5 Å². The summed E-state index contributed by atoms with van der Waals surface area (Å²) in [6, 6.07) is 10.5. The van der Waals surface area contributed by atoms with E-state index in [4.69, 9.17) is 4.98 Å². The number of aromatic nitrogens is 1. The van der Waals surface area contributed by atoms with Crippen molar-refractivity contribution in [2.75, 3.05) is 6.54 Å². The number of rotatable bonds is 9. The van der Waals surface area contributed by atoms with Crippen molar-refractivity contribution >= 4 is 11.3 Å². The fourth-order valence-corrected chi connectivity index (χ4v) is 3.00. The molecule has 0 amide bonds. The number of nitrogens with zero attached hydrogens (tertiary/aromatic N) is 1. The van der Waals surface area contributed by atoms with Gasteiger partial charge in [0.2, 0.25) is 0 Å². The molecule has 0 saturated heterocycles. The molecule has 0 aliphatic heterocycles. The predicted molar refractivity (Wildman–Crippen MR) is 87.2 cm³/mol. The van der Waals surface area contributed by atoms with Crippen LogP contribution >= 0.6 is 11.3 Å². The first-order valence-electron chi connectivity index (χ1n) is 7.56. The molecule has 0 atom stereocenters. The average molecular weight is 288 g/mol. The molecule has 3 heteroatoms. The van der Waals surface area contributed by atoms with Gasteiger partial charge in [0, 0.05) is 18.3 Å². The molecular weight excluding hydrogens is 264 g/mol. The van der Waals surface area contributed by atoms with E-state index < -0.39 is 0 Å². The van der Waals surface area contributed by atoms with Crippen molar-refractivity contribution in [2.24, 2.45) is 0 Å². The molecule has 0 bridgehead atoms. The number of hydrogen-bond acceptors (Lipinski definition) is 3. The van der Waals surface area contributed by atoms with Crippen molar-refractivity contribution in [3.8, 4) is 0 Å². The molecule has 1 aromatic carbocycles. The standard InChI is InChI=1S/C17H24N2S/c1-2-3-4-8-11-18-13-16-14-20-17(19-16)12-15-9-6-5-7-10-15/h5-7,9-10,14,18H,2-4,8,11-13H2,1H3. The van der Waals surface area contributed by atoms with E-state index in [2.05, 4.69) is 48.0 Å². The van der Waals surface area contributed by atoms with Gasteiger partial charge in [-0.2, -0.15) is 0 Å². The molecule has 20 heavy (non-hydrogen) atoms. The fraction of sp³-hybridized carbons (Fsp3) is 0.471. The van der Waals surface area contributed by atoms with E-state index >= 15 is 0 Å². The summed E-state index contributed by atoms with van der Waals surface area (Å²) in [7, 11) is 0. The average Bonchev–Trinajstić information content (AvgIpc) is 2.91. The second-order valence-electron chi connectivity index (χ2n) is 5.13. The topological polar surface area (TPSA) is 24.9 Å². The third-order valence-electron chi connectivity index (χ3n) is 3.31. The maximum absolute atomic E-state index is 4.70. The van der Waals surface area contributed by atoms with Crippen LogP contribution in [-0.2, 0) is 13.0 Å². The Morgan fingerprint density at radius 2 is 1.95 bits per heavy atom. The molecule has 1 aromatic heterocycles. The smallest absolute Gasteiger partial charge is 0.0972 e. The van der Waals surface area contributed by atoms with Crippen molar-refractivity contribution in [3.63, 3.8) is 0 Å². The Hall–Kier alpha value is -1.19. The highest BCUT2D eigenvalue weighted by molar-refractivity contribution is 7.09. The molecule has 0 radical (unpaired) electrons. The third-order valence-corrected chi connectivity index (χ3v) is 4.21. The van der Waals surface area contributed by atoms with Crippen LogP contribution in [0.2, 0.25) is 0 Å². The van der Waals surface area contributed by atoms with Crippen molar-refractivity contribution in [3.05, 3.63) is 52.0 Å². The minimum Gasteiger partial charge on any atom is -0.311 e. The van der Waals surface area contributed by atoms with Gasteiger partial charge in [-0.15, -0.1) is 11.3 Å². The second-order valence-corrected chi connectivity index (χ2v) is 6.08. The molecule has 0 saturated carbocycles. The minimum atomic E-state index is 0.900. The van der Waals surface area contributed by atoms with E-state index in [0.717, 1.165) is 19.5 Å². The van der Waals surface area contributed by atoms with Gasteiger partial charge in [-0.3, -0.25) is 0 Å². The van der Waals surface area contributed by atoms with Crippen LogP contribution in [0.3, 0.4) is 0 Å². The highest BCUT2D eigenvalue weighted by atomic mass is 32.1. The Balaban J connectivity index is 1.70. The second kappa shape index (κ2) is 8.88. The molecule has 0 unspecified atom stereocenters. The Morgan fingerprint density at radius 1 is 1.10 bits per heavy atom. The lowest BCUT2D eigenvalue weighted by atomic mass is 10.2. The lowest BCUT2D eigenvalue weighted by Gasteiger charge is -2.02. The van der Waals surface area contributed by atoms with Crippen LogP contribution in [-0.4, -0.2) is 11.5 Å². The number of nitrogens with one attached hydrogen (secondary N) is 1. The molecule has 2 nitrogen and oxygen atoms in total. The number of thiazole rings is 1.